The fourth-order valence-electron chi connectivity index (χ4n) is 2.18. The van der Waals surface area contributed by atoms with E-state index in [-0.39, 0.29) is 5.41 Å². The summed E-state index contributed by atoms with van der Waals surface area (Å²) in [6.45, 7) is 7.28. The van der Waals surface area contributed by atoms with Gasteiger partial charge in [-0.1, -0.05) is 51.1 Å². The molecule has 3 nitrogen and oxygen atoms in total. The molecule has 0 aliphatic rings. The lowest BCUT2D eigenvalue weighted by Gasteiger charge is -2.15. The van der Waals surface area contributed by atoms with E-state index in [9.17, 15) is 0 Å². The van der Waals surface area contributed by atoms with Crippen LogP contribution in [0.2, 0.25) is 0 Å². The van der Waals surface area contributed by atoms with Crippen LogP contribution in [0.1, 0.15) is 38.4 Å². The van der Waals surface area contributed by atoms with Crippen LogP contribution in [0.5, 0.6) is 0 Å². The van der Waals surface area contributed by atoms with Gasteiger partial charge in [0.2, 0.25) is 0 Å². The van der Waals surface area contributed by atoms with Gasteiger partial charge < -0.3 is 5.73 Å². The van der Waals surface area contributed by atoms with E-state index < -0.39 is 0 Å². The number of nitrogen functional groups attached to an aromatic ring is 1. The highest BCUT2D eigenvalue weighted by Crippen LogP contribution is 2.32. The topological polar surface area (TPSA) is 43.8 Å². The molecule has 4 heteroatoms. The third-order valence-electron chi connectivity index (χ3n) is 3.32. The van der Waals surface area contributed by atoms with Gasteiger partial charge in [-0.2, -0.15) is 5.10 Å². The fourth-order valence-corrected chi connectivity index (χ4v) is 3.06. The van der Waals surface area contributed by atoms with Gasteiger partial charge in [0.15, 0.2) is 0 Å². The Bertz CT molecular complexity index is 567. The molecule has 1 aromatic carbocycles. The first-order valence-corrected chi connectivity index (χ1v) is 7.75. The molecule has 1 aromatic heterocycles. The first kappa shape index (κ1) is 15.1. The second kappa shape index (κ2) is 6.00. The molecule has 2 N–H and O–H groups in total. The number of aromatic nitrogens is 2. The Morgan fingerprint density at radius 1 is 1.20 bits per heavy atom. The predicted molar refractivity (Wildman–Crippen MR) is 87.8 cm³/mol. The average Bonchev–Trinajstić information content (AvgIpc) is 2.68. The molecule has 1 heterocycles. The Hall–Kier alpha value is -1.29. The summed E-state index contributed by atoms with van der Waals surface area (Å²) in [6.07, 6.45) is 2.08. The summed E-state index contributed by atoms with van der Waals surface area (Å²) in [6, 6.07) is 10.5. The Labute approximate surface area is 129 Å². The van der Waals surface area contributed by atoms with Gasteiger partial charge in [-0.3, -0.25) is 0 Å². The van der Waals surface area contributed by atoms with Gasteiger partial charge in [0, 0.05) is 12.0 Å². The summed E-state index contributed by atoms with van der Waals surface area (Å²) in [5, 5.41) is 4.66. The standard InChI is InChI=1S/C16H22BrN3/c1-16(2,3)14-13(17)15(18)20(19-14)11-7-10-12-8-5-4-6-9-12/h4-6,8-9H,7,10-11,18H2,1-3H3. The molecule has 0 saturated heterocycles. The smallest absolute Gasteiger partial charge is 0.136 e. The van der Waals surface area contributed by atoms with Crippen molar-refractivity contribution in [2.75, 3.05) is 5.73 Å². The Kier molecular flexibility index (Phi) is 4.53. The molecule has 2 rings (SSSR count). The van der Waals surface area contributed by atoms with Gasteiger partial charge in [0.25, 0.3) is 0 Å². The SMILES string of the molecule is CC(C)(C)c1nn(CCCc2ccccc2)c(N)c1Br. The quantitative estimate of drug-likeness (QED) is 0.911. The van der Waals surface area contributed by atoms with Crippen molar-refractivity contribution in [3.63, 3.8) is 0 Å². The molecule has 2 aromatic rings. The number of anilines is 1. The van der Waals surface area contributed by atoms with Crippen LogP contribution in [0.3, 0.4) is 0 Å². The molecule has 0 bridgehead atoms. The van der Waals surface area contributed by atoms with Crippen LogP contribution in [-0.4, -0.2) is 9.78 Å². The highest BCUT2D eigenvalue weighted by Gasteiger charge is 2.24. The molecule has 0 amide bonds. The number of rotatable bonds is 4. The molecule has 0 saturated carbocycles. The van der Waals surface area contributed by atoms with E-state index in [4.69, 9.17) is 5.73 Å². The zero-order chi connectivity index (χ0) is 14.8. The highest BCUT2D eigenvalue weighted by atomic mass is 79.9. The Morgan fingerprint density at radius 2 is 1.85 bits per heavy atom. The second-order valence-electron chi connectivity index (χ2n) is 6.11. The van der Waals surface area contributed by atoms with Crippen LogP contribution < -0.4 is 5.73 Å². The normalized spacial score (nSPS) is 11.8. The number of halogens is 1. The lowest BCUT2D eigenvalue weighted by atomic mass is 9.92. The van der Waals surface area contributed by atoms with Crippen LogP contribution >= 0.6 is 15.9 Å². The molecule has 0 aliphatic carbocycles. The van der Waals surface area contributed by atoms with Crippen molar-refractivity contribution >= 4 is 21.7 Å². The molecule has 0 spiro atoms. The maximum Gasteiger partial charge on any atom is 0.136 e. The van der Waals surface area contributed by atoms with E-state index in [0.29, 0.717) is 0 Å². The van der Waals surface area contributed by atoms with Gasteiger partial charge in [0.05, 0.1) is 10.2 Å². The maximum atomic E-state index is 6.13. The van der Waals surface area contributed by atoms with E-state index in [0.717, 1.165) is 35.4 Å². The van der Waals surface area contributed by atoms with E-state index in [1.54, 1.807) is 0 Å². The molecular formula is C16H22BrN3. The monoisotopic (exact) mass is 335 g/mol. The van der Waals surface area contributed by atoms with Gasteiger partial charge in [0.1, 0.15) is 5.82 Å². The first-order valence-electron chi connectivity index (χ1n) is 6.96. The molecule has 0 atom stereocenters. The van der Waals surface area contributed by atoms with Crippen molar-refractivity contribution in [2.24, 2.45) is 0 Å². The molecular weight excluding hydrogens is 314 g/mol. The minimum absolute atomic E-state index is 0.00235. The maximum absolute atomic E-state index is 6.13. The van der Waals surface area contributed by atoms with Crippen molar-refractivity contribution in [1.29, 1.82) is 0 Å². The number of hydrogen-bond donors (Lipinski definition) is 1. The van der Waals surface area contributed by atoms with E-state index in [1.807, 2.05) is 10.7 Å². The highest BCUT2D eigenvalue weighted by molar-refractivity contribution is 9.10. The van der Waals surface area contributed by atoms with Crippen LogP contribution in [0.4, 0.5) is 5.82 Å². The molecule has 108 valence electrons. The number of nitrogens with two attached hydrogens (primary N) is 1. The lowest BCUT2D eigenvalue weighted by molar-refractivity contribution is 0.523. The van der Waals surface area contributed by atoms with Crippen LogP contribution in [0.15, 0.2) is 34.8 Å². The summed E-state index contributed by atoms with van der Waals surface area (Å²) in [4.78, 5) is 0. The summed E-state index contributed by atoms with van der Waals surface area (Å²) in [5.74, 6) is 0.725. The lowest BCUT2D eigenvalue weighted by Crippen LogP contribution is -2.13. The summed E-state index contributed by atoms with van der Waals surface area (Å²) < 4.78 is 2.85. The number of hydrogen-bond acceptors (Lipinski definition) is 2. The largest absolute Gasteiger partial charge is 0.383 e. The first-order chi connectivity index (χ1) is 9.39. The minimum atomic E-state index is -0.00235. The van der Waals surface area contributed by atoms with Crippen molar-refractivity contribution in [2.45, 2.75) is 45.6 Å². The van der Waals surface area contributed by atoms with Crippen LogP contribution in [0.25, 0.3) is 0 Å². The average molecular weight is 336 g/mol. The fraction of sp³-hybridized carbons (Fsp3) is 0.438. The molecule has 0 unspecified atom stereocenters. The third-order valence-corrected chi connectivity index (χ3v) is 4.10. The number of aryl methyl sites for hydroxylation is 2. The number of nitrogens with zero attached hydrogens (tertiary/aromatic N) is 2. The Balaban J connectivity index is 2.04. The van der Waals surface area contributed by atoms with Crippen molar-refractivity contribution in [1.82, 2.24) is 9.78 Å². The van der Waals surface area contributed by atoms with Crippen molar-refractivity contribution in [3.8, 4) is 0 Å². The second-order valence-corrected chi connectivity index (χ2v) is 6.90. The summed E-state index contributed by atoms with van der Waals surface area (Å²) >= 11 is 3.57. The minimum Gasteiger partial charge on any atom is -0.383 e. The van der Waals surface area contributed by atoms with Crippen molar-refractivity contribution < 1.29 is 0 Å². The zero-order valence-corrected chi connectivity index (χ0v) is 13.9. The van der Waals surface area contributed by atoms with E-state index >= 15 is 0 Å². The molecule has 0 aliphatic heterocycles. The summed E-state index contributed by atoms with van der Waals surface area (Å²) in [7, 11) is 0. The molecule has 20 heavy (non-hydrogen) atoms. The van der Waals surface area contributed by atoms with E-state index in [2.05, 4.69) is 66.1 Å². The Morgan fingerprint density at radius 3 is 2.40 bits per heavy atom. The van der Waals surface area contributed by atoms with Crippen molar-refractivity contribution in [3.05, 3.63) is 46.1 Å². The number of benzene rings is 1. The van der Waals surface area contributed by atoms with E-state index in [1.165, 1.54) is 5.56 Å². The zero-order valence-electron chi connectivity index (χ0n) is 12.4. The van der Waals surface area contributed by atoms with Gasteiger partial charge in [-0.05, 0) is 34.3 Å². The summed E-state index contributed by atoms with van der Waals surface area (Å²) in [5.41, 5.74) is 8.51. The van der Waals surface area contributed by atoms with Gasteiger partial charge in [-0.15, -0.1) is 0 Å². The third kappa shape index (κ3) is 3.42. The van der Waals surface area contributed by atoms with Crippen LogP contribution in [-0.2, 0) is 18.4 Å². The van der Waals surface area contributed by atoms with Gasteiger partial charge in [-0.25, -0.2) is 4.68 Å². The molecule has 0 radical (unpaired) electrons. The van der Waals surface area contributed by atoms with Gasteiger partial charge >= 0.3 is 0 Å². The van der Waals surface area contributed by atoms with Crippen LogP contribution in [0, 0.1) is 0 Å². The predicted octanol–water partition coefficient (Wildman–Crippen LogP) is 4.16. The molecule has 0 fully saturated rings.